The van der Waals surface area contributed by atoms with Crippen molar-refractivity contribution in [1.29, 1.82) is 0 Å². The van der Waals surface area contributed by atoms with Crippen LogP contribution < -0.4 is 9.47 Å². The van der Waals surface area contributed by atoms with Crippen LogP contribution in [0.1, 0.15) is 51.2 Å². The fraction of sp³-hybridized carbons (Fsp3) is 0.625. The lowest BCUT2D eigenvalue weighted by molar-refractivity contribution is -0.249. The Hall–Kier alpha value is -2.05. The normalized spacial score (nSPS) is 30.1. The molecule has 2 heterocycles. The Bertz CT molecular complexity index is 892. The largest absolute Gasteiger partial charge is 0.493 e. The van der Waals surface area contributed by atoms with Crippen LogP contribution in [0, 0.1) is 11.3 Å². The third-order valence-corrected chi connectivity index (χ3v) is 7.05. The van der Waals surface area contributed by atoms with Crippen molar-refractivity contribution in [2.45, 2.75) is 57.3 Å². The fourth-order valence-electron chi connectivity index (χ4n) is 5.66. The summed E-state index contributed by atoms with van der Waals surface area (Å²) in [6, 6.07) is 4.03. The molecule has 0 bridgehead atoms. The summed E-state index contributed by atoms with van der Waals surface area (Å²) in [5.41, 5.74) is 1.36. The van der Waals surface area contributed by atoms with E-state index in [1.54, 1.807) is 7.11 Å². The van der Waals surface area contributed by atoms with Gasteiger partial charge in [-0.05, 0) is 51.2 Å². The number of hydrogen-bond donors (Lipinski definition) is 0. The number of allylic oxidation sites excluding steroid dienone is 1. The molecule has 1 aromatic rings. The van der Waals surface area contributed by atoms with Gasteiger partial charge in [-0.3, -0.25) is 4.79 Å². The number of methoxy groups -OCH3 is 1. The van der Waals surface area contributed by atoms with Gasteiger partial charge in [0.05, 0.1) is 37.8 Å². The van der Waals surface area contributed by atoms with Crippen LogP contribution in [0.4, 0.5) is 0 Å². The van der Waals surface area contributed by atoms with Crippen LogP contribution in [0.5, 0.6) is 11.5 Å². The average molecular weight is 414 g/mol. The van der Waals surface area contributed by atoms with Gasteiger partial charge >= 0.3 is 5.97 Å². The summed E-state index contributed by atoms with van der Waals surface area (Å²) >= 11 is 0. The number of ether oxygens (including phenoxy) is 5. The molecule has 30 heavy (non-hydrogen) atoms. The summed E-state index contributed by atoms with van der Waals surface area (Å²) in [5.74, 6) is 0.795. The molecule has 2 aliphatic carbocycles. The first kappa shape index (κ1) is 19.9. The molecule has 3 atom stereocenters. The third-order valence-electron chi connectivity index (χ3n) is 7.05. The molecule has 4 aliphatic rings. The second-order valence-electron chi connectivity index (χ2n) is 9.75. The highest BCUT2D eigenvalue weighted by Gasteiger charge is 2.67. The predicted molar refractivity (Wildman–Crippen MR) is 111 cm³/mol. The Morgan fingerprint density at radius 1 is 1.23 bits per heavy atom. The van der Waals surface area contributed by atoms with Crippen molar-refractivity contribution >= 4 is 12.0 Å². The fourth-order valence-corrected chi connectivity index (χ4v) is 5.66. The van der Waals surface area contributed by atoms with Crippen LogP contribution in [-0.2, 0) is 24.4 Å². The molecule has 2 aliphatic heterocycles. The van der Waals surface area contributed by atoms with Gasteiger partial charge in [0.25, 0.3) is 0 Å². The smallest absolute Gasteiger partial charge is 0.311 e. The zero-order chi connectivity index (χ0) is 21.1. The molecule has 0 N–H and O–H groups in total. The first-order valence-corrected chi connectivity index (χ1v) is 10.8. The Balaban J connectivity index is 1.58. The molecular weight excluding hydrogens is 384 g/mol. The molecule has 6 heteroatoms. The first-order valence-electron chi connectivity index (χ1n) is 10.8. The number of fused-ring (bicyclic) bond motifs is 1. The van der Waals surface area contributed by atoms with Gasteiger partial charge in [0.1, 0.15) is 0 Å². The topological polar surface area (TPSA) is 63.2 Å². The van der Waals surface area contributed by atoms with Gasteiger partial charge in [0.15, 0.2) is 17.6 Å². The molecule has 2 fully saturated rings. The van der Waals surface area contributed by atoms with E-state index in [1.807, 2.05) is 26.8 Å². The quantitative estimate of drug-likeness (QED) is 0.698. The molecule has 6 nitrogen and oxygen atoms in total. The van der Waals surface area contributed by atoms with Crippen LogP contribution in [-0.4, -0.2) is 44.8 Å². The third kappa shape index (κ3) is 2.66. The number of carbonyl (C=O) groups excluding carboxylic acids is 1. The molecule has 1 spiro atoms. The minimum Gasteiger partial charge on any atom is -0.493 e. The molecule has 1 saturated carbocycles. The van der Waals surface area contributed by atoms with Gasteiger partial charge in [0.2, 0.25) is 5.79 Å². The molecule has 1 unspecified atom stereocenters. The highest BCUT2D eigenvalue weighted by atomic mass is 16.8. The minimum absolute atomic E-state index is 0.191. The molecule has 5 rings (SSSR count). The van der Waals surface area contributed by atoms with Gasteiger partial charge in [-0.15, -0.1) is 0 Å². The van der Waals surface area contributed by atoms with Crippen molar-refractivity contribution in [3.63, 3.8) is 0 Å². The number of hydrogen-bond acceptors (Lipinski definition) is 6. The average Bonchev–Trinajstić information content (AvgIpc) is 3.32. The SMILES string of the molecule is COc1ccc2c3c1O[C@H]1C4(CCC(C=C2)[C@@]31CCOC(=O)C(C)(C)C)OCCO4. The molecule has 0 amide bonds. The van der Waals surface area contributed by atoms with E-state index in [0.717, 1.165) is 35.5 Å². The zero-order valence-corrected chi connectivity index (χ0v) is 18.2. The van der Waals surface area contributed by atoms with Gasteiger partial charge < -0.3 is 23.7 Å². The summed E-state index contributed by atoms with van der Waals surface area (Å²) in [7, 11) is 1.66. The monoisotopic (exact) mass is 414 g/mol. The molecule has 0 radical (unpaired) electrons. The molecular formula is C24H30O6. The minimum atomic E-state index is -0.767. The van der Waals surface area contributed by atoms with E-state index in [0.29, 0.717) is 26.2 Å². The number of rotatable bonds is 4. The van der Waals surface area contributed by atoms with Crippen molar-refractivity contribution in [2.24, 2.45) is 11.3 Å². The maximum Gasteiger partial charge on any atom is 0.311 e. The Morgan fingerprint density at radius 2 is 2.00 bits per heavy atom. The summed E-state index contributed by atoms with van der Waals surface area (Å²) < 4.78 is 30.4. The zero-order valence-electron chi connectivity index (χ0n) is 18.2. The molecule has 0 aromatic heterocycles. The molecule has 1 aromatic carbocycles. The Labute approximate surface area is 177 Å². The maximum absolute atomic E-state index is 12.4. The van der Waals surface area contributed by atoms with Gasteiger partial charge in [-0.1, -0.05) is 18.2 Å². The van der Waals surface area contributed by atoms with Crippen LogP contribution in [0.2, 0.25) is 0 Å². The molecule has 1 saturated heterocycles. The predicted octanol–water partition coefficient (Wildman–Crippen LogP) is 3.85. The van der Waals surface area contributed by atoms with E-state index in [2.05, 4.69) is 18.2 Å². The number of esters is 1. The van der Waals surface area contributed by atoms with Gasteiger partial charge in [0, 0.05) is 12.0 Å². The summed E-state index contributed by atoms with van der Waals surface area (Å²) in [5, 5.41) is 0. The van der Waals surface area contributed by atoms with Crippen molar-refractivity contribution in [2.75, 3.05) is 26.9 Å². The number of benzene rings is 1. The van der Waals surface area contributed by atoms with Crippen LogP contribution in [0.25, 0.3) is 6.08 Å². The van der Waals surface area contributed by atoms with E-state index in [1.165, 1.54) is 0 Å². The highest BCUT2D eigenvalue weighted by molar-refractivity contribution is 5.75. The van der Waals surface area contributed by atoms with Gasteiger partial charge in [-0.2, -0.15) is 0 Å². The van der Waals surface area contributed by atoms with E-state index in [4.69, 9.17) is 23.7 Å². The summed E-state index contributed by atoms with van der Waals surface area (Å²) in [6.07, 6.45) is 6.52. The van der Waals surface area contributed by atoms with Crippen LogP contribution in [0.15, 0.2) is 18.2 Å². The van der Waals surface area contributed by atoms with E-state index < -0.39 is 11.2 Å². The lowest BCUT2D eigenvalue weighted by Crippen LogP contribution is -2.62. The van der Waals surface area contributed by atoms with E-state index in [9.17, 15) is 4.79 Å². The standard InChI is InChI=1S/C24H30O6/c1-22(2,3)21(25)27-12-11-23-16-7-5-15-6-8-17(26-4)19(18(15)23)30-20(23)24(10-9-16)28-13-14-29-24/h5-8,16,20H,9-14H2,1-4H3/t16?,20-,23+/m1/s1. The van der Waals surface area contributed by atoms with Crippen LogP contribution >= 0.6 is 0 Å². The lowest BCUT2D eigenvalue weighted by Gasteiger charge is -2.52. The van der Waals surface area contributed by atoms with Crippen molar-refractivity contribution in [3.8, 4) is 11.5 Å². The Kier molecular flexibility index (Phi) is 4.46. The molecule has 162 valence electrons. The van der Waals surface area contributed by atoms with Crippen molar-refractivity contribution in [3.05, 3.63) is 29.3 Å². The van der Waals surface area contributed by atoms with Crippen molar-refractivity contribution < 1.29 is 28.5 Å². The van der Waals surface area contributed by atoms with Crippen molar-refractivity contribution in [1.82, 2.24) is 0 Å². The maximum atomic E-state index is 12.4. The second kappa shape index (κ2) is 6.72. The highest BCUT2D eigenvalue weighted by Crippen LogP contribution is 2.64. The van der Waals surface area contributed by atoms with E-state index >= 15 is 0 Å². The van der Waals surface area contributed by atoms with Gasteiger partial charge in [-0.25, -0.2) is 0 Å². The number of carbonyl (C=O) groups is 1. The lowest BCUT2D eigenvalue weighted by atomic mass is 9.56. The Morgan fingerprint density at radius 3 is 2.70 bits per heavy atom. The van der Waals surface area contributed by atoms with E-state index in [-0.39, 0.29) is 23.4 Å². The summed E-state index contributed by atoms with van der Waals surface area (Å²) in [4.78, 5) is 12.4. The first-order chi connectivity index (χ1) is 14.3. The van der Waals surface area contributed by atoms with Crippen LogP contribution in [0.3, 0.4) is 0 Å². The summed E-state index contributed by atoms with van der Waals surface area (Å²) in [6.45, 7) is 7.08. The second-order valence-corrected chi connectivity index (χ2v) is 9.75.